The van der Waals surface area contributed by atoms with Crippen LogP contribution in [0.5, 0.6) is 0 Å². The number of aromatic amines is 1. The summed E-state index contributed by atoms with van der Waals surface area (Å²) < 4.78 is 10.2. The number of para-hydroxylation sites is 1. The maximum absolute atomic E-state index is 13.4. The Morgan fingerprint density at radius 3 is 2.59 bits per heavy atom. The van der Waals surface area contributed by atoms with Gasteiger partial charge in [-0.3, -0.25) is 14.4 Å². The molecule has 0 aliphatic carbocycles. The zero-order valence-electron chi connectivity index (χ0n) is 19.1. The van der Waals surface area contributed by atoms with Crippen LogP contribution in [0.25, 0.3) is 10.9 Å². The molecule has 2 atom stereocenters. The van der Waals surface area contributed by atoms with Crippen molar-refractivity contribution in [2.75, 3.05) is 33.4 Å². The summed E-state index contributed by atoms with van der Waals surface area (Å²) in [5, 5.41) is 3.98. The third kappa shape index (κ3) is 6.09. The van der Waals surface area contributed by atoms with Gasteiger partial charge in [-0.25, -0.2) is 0 Å². The van der Waals surface area contributed by atoms with Gasteiger partial charge in [0.1, 0.15) is 6.04 Å². The highest BCUT2D eigenvalue weighted by Gasteiger charge is 2.31. The van der Waals surface area contributed by atoms with Crippen molar-refractivity contribution < 1.29 is 23.9 Å². The van der Waals surface area contributed by atoms with E-state index in [-0.39, 0.29) is 24.2 Å². The SMILES string of the molecule is COC(=O)C[C@@H](CC(C)C)C(=O)N[C@@H](Cc1c[nH]c2ccccc12)C(=O)N1CCOCC1. The van der Waals surface area contributed by atoms with Crippen LogP contribution in [0.4, 0.5) is 0 Å². The molecule has 1 saturated heterocycles. The number of hydrogen-bond acceptors (Lipinski definition) is 5. The number of morpholine rings is 1. The first-order chi connectivity index (χ1) is 15.4. The number of nitrogens with one attached hydrogen (secondary N) is 2. The van der Waals surface area contributed by atoms with Gasteiger partial charge >= 0.3 is 5.97 Å². The molecule has 0 unspecified atom stereocenters. The van der Waals surface area contributed by atoms with Crippen molar-refractivity contribution >= 4 is 28.7 Å². The molecule has 2 aromatic rings. The molecule has 1 aromatic heterocycles. The minimum Gasteiger partial charge on any atom is -0.469 e. The second-order valence-electron chi connectivity index (χ2n) is 8.67. The monoisotopic (exact) mass is 443 g/mol. The molecule has 0 radical (unpaired) electrons. The topological polar surface area (TPSA) is 101 Å². The quantitative estimate of drug-likeness (QED) is 0.579. The molecule has 32 heavy (non-hydrogen) atoms. The van der Waals surface area contributed by atoms with Gasteiger partial charge in [-0.1, -0.05) is 32.0 Å². The van der Waals surface area contributed by atoms with E-state index in [0.29, 0.717) is 39.1 Å². The molecule has 2 N–H and O–H groups in total. The number of ether oxygens (including phenoxy) is 2. The van der Waals surface area contributed by atoms with Crippen LogP contribution in [0.1, 0.15) is 32.3 Å². The van der Waals surface area contributed by atoms with Crippen molar-refractivity contribution in [3.8, 4) is 0 Å². The van der Waals surface area contributed by atoms with Crippen LogP contribution in [-0.2, 0) is 30.3 Å². The third-order valence-corrected chi connectivity index (χ3v) is 5.80. The second-order valence-corrected chi connectivity index (χ2v) is 8.67. The van der Waals surface area contributed by atoms with E-state index >= 15 is 0 Å². The number of esters is 1. The molecule has 3 rings (SSSR count). The Hall–Kier alpha value is -2.87. The van der Waals surface area contributed by atoms with Crippen LogP contribution in [0, 0.1) is 11.8 Å². The number of nitrogens with zero attached hydrogens (tertiary/aromatic N) is 1. The lowest BCUT2D eigenvalue weighted by Gasteiger charge is -2.31. The molecular formula is C24H33N3O5. The Morgan fingerprint density at radius 2 is 1.91 bits per heavy atom. The molecule has 8 nitrogen and oxygen atoms in total. The summed E-state index contributed by atoms with van der Waals surface area (Å²) in [7, 11) is 1.31. The van der Waals surface area contributed by atoms with E-state index in [1.165, 1.54) is 7.11 Å². The number of aromatic nitrogens is 1. The van der Waals surface area contributed by atoms with Crippen LogP contribution in [0.15, 0.2) is 30.5 Å². The molecule has 2 heterocycles. The fraction of sp³-hybridized carbons (Fsp3) is 0.542. The minimum atomic E-state index is -0.730. The molecule has 1 aliphatic rings. The Labute approximate surface area is 188 Å². The van der Waals surface area contributed by atoms with E-state index < -0.39 is 17.9 Å². The van der Waals surface area contributed by atoms with Gasteiger partial charge in [-0.2, -0.15) is 0 Å². The summed E-state index contributed by atoms with van der Waals surface area (Å²) in [5.74, 6) is -1.19. The van der Waals surface area contributed by atoms with E-state index in [1.807, 2.05) is 44.3 Å². The second kappa shape index (κ2) is 11.1. The zero-order chi connectivity index (χ0) is 23.1. The van der Waals surface area contributed by atoms with Gasteiger partial charge < -0.3 is 24.7 Å². The maximum Gasteiger partial charge on any atom is 0.306 e. The number of fused-ring (bicyclic) bond motifs is 1. The third-order valence-electron chi connectivity index (χ3n) is 5.80. The lowest BCUT2D eigenvalue weighted by Crippen LogP contribution is -2.53. The van der Waals surface area contributed by atoms with Crippen LogP contribution < -0.4 is 5.32 Å². The predicted octanol–water partition coefficient (Wildman–Crippen LogP) is 2.28. The zero-order valence-corrected chi connectivity index (χ0v) is 19.1. The first-order valence-electron chi connectivity index (χ1n) is 11.2. The number of benzene rings is 1. The molecule has 0 saturated carbocycles. The first-order valence-corrected chi connectivity index (χ1v) is 11.2. The molecule has 8 heteroatoms. The van der Waals surface area contributed by atoms with E-state index in [0.717, 1.165) is 16.5 Å². The van der Waals surface area contributed by atoms with Crippen molar-refractivity contribution in [2.45, 2.75) is 39.2 Å². The highest BCUT2D eigenvalue weighted by atomic mass is 16.5. The van der Waals surface area contributed by atoms with Gasteiger partial charge in [0.05, 0.1) is 26.7 Å². The highest BCUT2D eigenvalue weighted by Crippen LogP contribution is 2.21. The maximum atomic E-state index is 13.4. The van der Waals surface area contributed by atoms with Gasteiger partial charge in [0.2, 0.25) is 11.8 Å². The first kappa shape index (κ1) is 23.8. The van der Waals surface area contributed by atoms with Gasteiger partial charge in [-0.15, -0.1) is 0 Å². The smallest absolute Gasteiger partial charge is 0.306 e. The summed E-state index contributed by atoms with van der Waals surface area (Å²) in [5.41, 5.74) is 1.94. The number of carbonyl (C=O) groups is 3. The van der Waals surface area contributed by atoms with Gasteiger partial charge in [0.25, 0.3) is 0 Å². The molecule has 0 spiro atoms. The van der Waals surface area contributed by atoms with E-state index in [1.54, 1.807) is 4.90 Å². The molecule has 0 bridgehead atoms. The van der Waals surface area contributed by atoms with Crippen LogP contribution in [0.3, 0.4) is 0 Å². The largest absolute Gasteiger partial charge is 0.469 e. The lowest BCUT2D eigenvalue weighted by molar-refractivity contribution is -0.145. The predicted molar refractivity (Wildman–Crippen MR) is 121 cm³/mol. The summed E-state index contributed by atoms with van der Waals surface area (Å²) >= 11 is 0. The minimum absolute atomic E-state index is 0.00787. The summed E-state index contributed by atoms with van der Waals surface area (Å²) in [4.78, 5) is 43.4. The molecule has 2 amide bonds. The number of H-pyrrole nitrogens is 1. The molecule has 174 valence electrons. The normalized spacial score (nSPS) is 16.1. The summed E-state index contributed by atoms with van der Waals surface area (Å²) in [6.07, 6.45) is 2.77. The van der Waals surface area contributed by atoms with Crippen LogP contribution in [-0.4, -0.2) is 67.1 Å². The molecular weight excluding hydrogens is 410 g/mol. The highest BCUT2D eigenvalue weighted by molar-refractivity contribution is 5.91. The fourth-order valence-corrected chi connectivity index (χ4v) is 4.15. The number of methoxy groups -OCH3 is 1. The van der Waals surface area contributed by atoms with Gasteiger partial charge in [0.15, 0.2) is 0 Å². The Kier molecular flexibility index (Phi) is 8.27. The van der Waals surface area contributed by atoms with Crippen molar-refractivity contribution in [3.63, 3.8) is 0 Å². The Morgan fingerprint density at radius 1 is 1.19 bits per heavy atom. The molecule has 1 fully saturated rings. The van der Waals surface area contributed by atoms with Crippen LogP contribution >= 0.6 is 0 Å². The van der Waals surface area contributed by atoms with Gasteiger partial charge in [-0.05, 0) is 24.0 Å². The molecule has 1 aliphatic heterocycles. The van der Waals surface area contributed by atoms with Gasteiger partial charge in [0, 0.05) is 42.5 Å². The summed E-state index contributed by atoms with van der Waals surface area (Å²) in [6.45, 7) is 5.96. The van der Waals surface area contributed by atoms with E-state index in [2.05, 4.69) is 10.3 Å². The number of hydrogen-bond donors (Lipinski definition) is 2. The van der Waals surface area contributed by atoms with Crippen LogP contribution in [0.2, 0.25) is 0 Å². The number of carbonyl (C=O) groups excluding carboxylic acids is 3. The number of amides is 2. The Bertz CT molecular complexity index is 933. The number of rotatable bonds is 9. The summed E-state index contributed by atoms with van der Waals surface area (Å²) in [6, 6.07) is 7.14. The van der Waals surface area contributed by atoms with Crippen molar-refractivity contribution in [1.29, 1.82) is 0 Å². The lowest BCUT2D eigenvalue weighted by atomic mass is 9.92. The Balaban J connectivity index is 1.82. The van der Waals surface area contributed by atoms with Crippen molar-refractivity contribution in [2.24, 2.45) is 11.8 Å². The molecule has 1 aromatic carbocycles. The average Bonchev–Trinajstić information content (AvgIpc) is 3.20. The standard InChI is InChI=1S/C24H33N3O5/c1-16(2)12-17(14-22(28)31-3)23(29)26-21(24(30)27-8-10-32-11-9-27)13-18-15-25-20-7-5-4-6-19(18)20/h4-7,15-17,21,25H,8-14H2,1-3H3,(H,26,29)/t17-,21+/m1/s1. The van der Waals surface area contributed by atoms with E-state index in [4.69, 9.17) is 9.47 Å². The van der Waals surface area contributed by atoms with Crippen molar-refractivity contribution in [1.82, 2.24) is 15.2 Å². The fourth-order valence-electron chi connectivity index (χ4n) is 4.15. The van der Waals surface area contributed by atoms with E-state index in [9.17, 15) is 14.4 Å². The average molecular weight is 444 g/mol. The van der Waals surface area contributed by atoms with Crippen molar-refractivity contribution in [3.05, 3.63) is 36.0 Å².